The molecular weight excluding hydrogens is 508 g/mol. The Balaban J connectivity index is 1.41. The van der Waals surface area contributed by atoms with Crippen molar-refractivity contribution in [1.82, 2.24) is 15.2 Å². The number of carboxylic acid groups (broad SMARTS) is 1. The van der Waals surface area contributed by atoms with Gasteiger partial charge in [0, 0.05) is 30.5 Å². The highest BCUT2D eigenvalue weighted by atomic mass is 35.5. The Morgan fingerprint density at radius 1 is 1.11 bits per heavy atom. The number of rotatable bonds is 9. The third kappa shape index (κ3) is 5.45. The molecule has 3 N–H and O–H groups in total. The maximum Gasteiger partial charge on any atom is 0.335 e. The summed E-state index contributed by atoms with van der Waals surface area (Å²) in [5.74, 6) is 0.151. The van der Waals surface area contributed by atoms with Gasteiger partial charge in [-0.05, 0) is 73.2 Å². The summed E-state index contributed by atoms with van der Waals surface area (Å²) in [5.41, 5.74) is 2.58. The molecule has 5 rings (SSSR count). The van der Waals surface area contributed by atoms with Crippen LogP contribution in [0.15, 0.2) is 89.5 Å². The molecule has 1 aliphatic heterocycles. The van der Waals surface area contributed by atoms with Crippen LogP contribution in [-0.4, -0.2) is 39.2 Å². The first-order valence-electron chi connectivity index (χ1n) is 11.9. The average Bonchev–Trinajstić information content (AvgIpc) is 3.52. The summed E-state index contributed by atoms with van der Waals surface area (Å²) in [4.78, 5) is 18.2. The number of pyridine rings is 1. The fourth-order valence-corrected chi connectivity index (χ4v) is 5.04. The second-order valence-electron chi connectivity index (χ2n) is 8.67. The van der Waals surface area contributed by atoms with Crippen LogP contribution in [0.2, 0.25) is 5.02 Å². The Morgan fingerprint density at radius 3 is 2.68 bits per heavy atom. The van der Waals surface area contributed by atoms with E-state index in [-0.39, 0.29) is 17.6 Å². The average molecular weight is 533 g/mol. The number of nitrogens with zero attached hydrogens (tertiary/aromatic N) is 2. The molecule has 188 valence electrons. The molecule has 4 aromatic rings. The van der Waals surface area contributed by atoms with Crippen molar-refractivity contribution in [2.75, 3.05) is 18.4 Å². The van der Waals surface area contributed by atoms with Gasteiger partial charge in [0.1, 0.15) is 17.6 Å². The van der Waals surface area contributed by atoms with Crippen LogP contribution in [0.4, 0.5) is 5.69 Å². The van der Waals surface area contributed by atoms with Gasteiger partial charge in [-0.15, -0.1) is 0 Å². The number of carbonyl (C=O) groups is 1. The molecule has 2 aromatic heterocycles. The molecule has 0 amide bonds. The lowest BCUT2D eigenvalue weighted by atomic mass is 10.0. The van der Waals surface area contributed by atoms with E-state index in [0.29, 0.717) is 33.8 Å². The molecule has 1 aliphatic rings. The third-order valence-electron chi connectivity index (χ3n) is 6.27. The van der Waals surface area contributed by atoms with Gasteiger partial charge in [0.15, 0.2) is 5.11 Å². The van der Waals surface area contributed by atoms with Crippen molar-refractivity contribution < 1.29 is 14.3 Å². The van der Waals surface area contributed by atoms with Gasteiger partial charge in [-0.1, -0.05) is 35.9 Å². The predicted octanol–water partition coefficient (Wildman–Crippen LogP) is 6.17. The maximum absolute atomic E-state index is 11.5. The van der Waals surface area contributed by atoms with Gasteiger partial charge in [0.05, 0.1) is 22.3 Å². The molecule has 0 bridgehead atoms. The van der Waals surface area contributed by atoms with E-state index in [2.05, 4.69) is 20.5 Å². The number of carboxylic acids is 1. The Hall–Kier alpha value is -3.88. The van der Waals surface area contributed by atoms with Crippen molar-refractivity contribution in [3.8, 4) is 11.3 Å². The first-order valence-corrected chi connectivity index (χ1v) is 12.7. The number of nitrogens with one attached hydrogen (secondary N) is 2. The Bertz CT molecular complexity index is 1400. The molecule has 2 atom stereocenters. The van der Waals surface area contributed by atoms with Gasteiger partial charge in [-0.2, -0.15) is 0 Å². The Kier molecular flexibility index (Phi) is 7.39. The largest absolute Gasteiger partial charge is 0.478 e. The van der Waals surface area contributed by atoms with Crippen LogP contribution < -0.4 is 10.6 Å². The minimum atomic E-state index is -1.03. The molecule has 7 nitrogen and oxygen atoms in total. The summed E-state index contributed by atoms with van der Waals surface area (Å²) in [6, 6.07) is 23.7. The smallest absolute Gasteiger partial charge is 0.335 e. The second kappa shape index (κ2) is 11.0. The molecule has 2 aromatic carbocycles. The van der Waals surface area contributed by atoms with Crippen LogP contribution in [0.3, 0.4) is 0 Å². The monoisotopic (exact) mass is 532 g/mol. The van der Waals surface area contributed by atoms with E-state index in [1.807, 2.05) is 60.7 Å². The zero-order valence-corrected chi connectivity index (χ0v) is 21.4. The number of hydrogen-bond acceptors (Lipinski definition) is 5. The van der Waals surface area contributed by atoms with Crippen molar-refractivity contribution in [3.63, 3.8) is 0 Å². The Morgan fingerprint density at radius 2 is 1.92 bits per heavy atom. The highest BCUT2D eigenvalue weighted by Crippen LogP contribution is 2.41. The van der Waals surface area contributed by atoms with Gasteiger partial charge >= 0.3 is 5.97 Å². The number of para-hydroxylation sites is 1. The number of aromatic carboxylic acids is 1. The normalized spacial score (nSPS) is 17.0. The fourth-order valence-electron chi connectivity index (χ4n) is 4.50. The van der Waals surface area contributed by atoms with Gasteiger partial charge in [0.25, 0.3) is 0 Å². The van der Waals surface area contributed by atoms with Crippen molar-refractivity contribution >= 4 is 40.6 Å². The lowest BCUT2D eigenvalue weighted by molar-refractivity contribution is 0.0697. The fraction of sp³-hybridized carbons (Fsp3) is 0.179. The molecule has 3 heterocycles. The molecule has 0 saturated carbocycles. The number of anilines is 1. The molecule has 0 radical (unpaired) electrons. The standard InChI is InChI=1S/C28H25ClN4O3S/c29-21-11-10-18(27(34)35)17-20(21)23-12-13-24(36-23)26-25(22-9-4-5-14-31-22)32-28(37)33(26)16-6-15-30-19-7-2-1-3-8-19/h1-5,7-14,17,25-26,30H,6,15-16H2,(H,32,37)(H,34,35)/t25-,26+/m0/s1. The third-order valence-corrected chi connectivity index (χ3v) is 6.96. The SMILES string of the molecule is O=C(O)c1ccc(Cl)c(-c2ccc([C@@H]3[C@H](c4ccccn4)NC(=S)N3CCCNc3ccccc3)o2)c1. The number of benzene rings is 2. The van der Waals surface area contributed by atoms with Crippen LogP contribution in [-0.2, 0) is 0 Å². The summed E-state index contributed by atoms with van der Waals surface area (Å²) in [6.07, 6.45) is 2.61. The highest BCUT2D eigenvalue weighted by molar-refractivity contribution is 7.80. The Labute approximate surface area is 225 Å². The van der Waals surface area contributed by atoms with Gasteiger partial charge in [-0.3, -0.25) is 4.98 Å². The molecule has 0 spiro atoms. The zero-order chi connectivity index (χ0) is 25.8. The van der Waals surface area contributed by atoms with E-state index in [0.717, 1.165) is 24.3 Å². The quantitative estimate of drug-likeness (QED) is 0.174. The van der Waals surface area contributed by atoms with Crippen molar-refractivity contribution in [3.05, 3.63) is 107 Å². The molecule has 0 aliphatic carbocycles. The second-order valence-corrected chi connectivity index (χ2v) is 9.46. The van der Waals surface area contributed by atoms with Crippen molar-refractivity contribution in [1.29, 1.82) is 0 Å². The minimum absolute atomic E-state index is 0.139. The van der Waals surface area contributed by atoms with Crippen LogP contribution >= 0.6 is 23.8 Å². The van der Waals surface area contributed by atoms with Gasteiger partial charge in [0.2, 0.25) is 0 Å². The predicted molar refractivity (Wildman–Crippen MR) is 148 cm³/mol. The van der Waals surface area contributed by atoms with Crippen molar-refractivity contribution in [2.45, 2.75) is 18.5 Å². The van der Waals surface area contributed by atoms with Crippen molar-refractivity contribution in [2.24, 2.45) is 0 Å². The van der Waals surface area contributed by atoms with E-state index < -0.39 is 5.97 Å². The lowest BCUT2D eigenvalue weighted by Crippen LogP contribution is -2.31. The van der Waals surface area contributed by atoms with Crippen LogP contribution in [0.5, 0.6) is 0 Å². The van der Waals surface area contributed by atoms with Crippen LogP contribution in [0, 0.1) is 0 Å². The van der Waals surface area contributed by atoms with E-state index in [9.17, 15) is 9.90 Å². The number of thiocarbonyl (C=S) groups is 1. The van der Waals surface area contributed by atoms with Crippen LogP contribution in [0.1, 0.15) is 40.3 Å². The first-order chi connectivity index (χ1) is 18.0. The summed E-state index contributed by atoms with van der Waals surface area (Å²) in [7, 11) is 0. The van der Waals surface area contributed by atoms with E-state index in [1.54, 1.807) is 12.3 Å². The van der Waals surface area contributed by atoms with E-state index in [1.165, 1.54) is 12.1 Å². The number of halogens is 1. The van der Waals surface area contributed by atoms with Gasteiger partial charge in [-0.25, -0.2) is 4.79 Å². The number of furan rings is 1. The first kappa shape index (κ1) is 24.8. The molecule has 1 saturated heterocycles. The summed E-state index contributed by atoms with van der Waals surface area (Å²) >= 11 is 12.1. The zero-order valence-electron chi connectivity index (χ0n) is 19.8. The number of hydrogen-bond donors (Lipinski definition) is 3. The molecule has 1 fully saturated rings. The summed E-state index contributed by atoms with van der Waals surface area (Å²) < 4.78 is 6.31. The molecular formula is C28H25ClN4O3S. The van der Waals surface area contributed by atoms with E-state index in [4.69, 9.17) is 28.2 Å². The summed E-state index contributed by atoms with van der Waals surface area (Å²) in [6.45, 7) is 1.48. The van der Waals surface area contributed by atoms with Crippen LogP contribution in [0.25, 0.3) is 11.3 Å². The number of aromatic nitrogens is 1. The summed E-state index contributed by atoms with van der Waals surface area (Å²) in [5, 5.41) is 17.3. The highest BCUT2D eigenvalue weighted by Gasteiger charge is 2.41. The molecule has 9 heteroatoms. The van der Waals surface area contributed by atoms with Gasteiger partial charge < -0.3 is 25.1 Å². The van der Waals surface area contributed by atoms with E-state index >= 15 is 0 Å². The topological polar surface area (TPSA) is 90.6 Å². The minimum Gasteiger partial charge on any atom is -0.478 e. The molecule has 37 heavy (non-hydrogen) atoms. The molecule has 0 unspecified atom stereocenters. The maximum atomic E-state index is 11.5. The lowest BCUT2D eigenvalue weighted by Gasteiger charge is -2.26.